The van der Waals surface area contributed by atoms with Crippen molar-refractivity contribution in [1.82, 2.24) is 5.32 Å². The molecule has 2 atom stereocenters. The van der Waals surface area contributed by atoms with Gasteiger partial charge >= 0.3 is 0 Å². The van der Waals surface area contributed by atoms with Crippen molar-refractivity contribution < 1.29 is 14.3 Å². The van der Waals surface area contributed by atoms with Gasteiger partial charge in [0, 0.05) is 19.3 Å². The van der Waals surface area contributed by atoms with Gasteiger partial charge in [-0.2, -0.15) is 0 Å². The Bertz CT molecular complexity index is 551. The van der Waals surface area contributed by atoms with Gasteiger partial charge in [-0.15, -0.1) is 0 Å². The fraction of sp³-hybridized carbons (Fsp3) is 0.500. The van der Waals surface area contributed by atoms with Gasteiger partial charge in [-0.25, -0.2) is 0 Å². The molecular formula is C16H24ClN3O3. The van der Waals surface area contributed by atoms with Crippen LogP contribution in [0.15, 0.2) is 18.2 Å². The first-order valence-electron chi connectivity index (χ1n) is 7.53. The van der Waals surface area contributed by atoms with Gasteiger partial charge in [0.2, 0.25) is 5.91 Å². The van der Waals surface area contributed by atoms with E-state index in [-0.39, 0.29) is 22.8 Å². The largest absolute Gasteiger partial charge is 0.383 e. The van der Waals surface area contributed by atoms with E-state index in [9.17, 15) is 9.59 Å². The van der Waals surface area contributed by atoms with Crippen molar-refractivity contribution >= 4 is 29.1 Å². The quantitative estimate of drug-likeness (QED) is 0.631. The van der Waals surface area contributed by atoms with Crippen LogP contribution in [0, 0.1) is 5.92 Å². The number of halogens is 1. The second-order valence-electron chi connectivity index (χ2n) is 5.34. The number of methoxy groups -OCH3 is 1. The van der Waals surface area contributed by atoms with E-state index in [0.717, 1.165) is 6.42 Å². The molecule has 0 radical (unpaired) electrons. The Morgan fingerprint density at radius 2 is 2.09 bits per heavy atom. The molecular weight excluding hydrogens is 318 g/mol. The van der Waals surface area contributed by atoms with Gasteiger partial charge in [0.25, 0.3) is 5.91 Å². The fourth-order valence-electron chi connectivity index (χ4n) is 1.88. The highest BCUT2D eigenvalue weighted by molar-refractivity contribution is 6.34. The number of carbonyl (C=O) groups excluding carboxylic acids is 2. The normalized spacial score (nSPS) is 13.3. The van der Waals surface area contributed by atoms with Crippen LogP contribution in [0.5, 0.6) is 0 Å². The van der Waals surface area contributed by atoms with Crippen LogP contribution in [0.4, 0.5) is 5.69 Å². The molecule has 1 aromatic carbocycles. The molecule has 0 saturated heterocycles. The lowest BCUT2D eigenvalue weighted by molar-refractivity contribution is -0.118. The van der Waals surface area contributed by atoms with Crippen LogP contribution in [0.25, 0.3) is 0 Å². The van der Waals surface area contributed by atoms with Crippen LogP contribution in [-0.4, -0.2) is 38.1 Å². The van der Waals surface area contributed by atoms with Crippen LogP contribution < -0.4 is 16.4 Å². The van der Waals surface area contributed by atoms with E-state index < -0.39 is 6.04 Å². The molecule has 7 heteroatoms. The smallest absolute Gasteiger partial charge is 0.252 e. The molecule has 0 saturated carbocycles. The zero-order valence-corrected chi connectivity index (χ0v) is 14.4. The van der Waals surface area contributed by atoms with E-state index in [2.05, 4.69) is 10.6 Å². The summed E-state index contributed by atoms with van der Waals surface area (Å²) in [6.45, 7) is 4.72. The molecule has 0 aliphatic heterocycles. The van der Waals surface area contributed by atoms with E-state index in [1.165, 1.54) is 6.07 Å². The number of ether oxygens (including phenoxy) is 1. The van der Waals surface area contributed by atoms with Gasteiger partial charge in [0.05, 0.1) is 23.2 Å². The lowest BCUT2D eigenvalue weighted by Crippen LogP contribution is -2.40. The summed E-state index contributed by atoms with van der Waals surface area (Å²) < 4.78 is 4.87. The van der Waals surface area contributed by atoms with Gasteiger partial charge in [-0.3, -0.25) is 9.59 Å². The van der Waals surface area contributed by atoms with Crippen molar-refractivity contribution in [2.45, 2.75) is 26.3 Å². The second kappa shape index (κ2) is 9.50. The molecule has 2 unspecified atom stereocenters. The predicted octanol–water partition coefficient (Wildman–Crippen LogP) is 2.03. The Balaban J connectivity index is 2.72. The van der Waals surface area contributed by atoms with E-state index >= 15 is 0 Å². The number of nitrogens with one attached hydrogen (secondary N) is 2. The van der Waals surface area contributed by atoms with Gasteiger partial charge < -0.3 is 21.1 Å². The SMILES string of the molecule is CCC(C)C(N)C(=O)Nc1ccc(C(=O)NCCOC)c(Cl)c1. The highest BCUT2D eigenvalue weighted by Gasteiger charge is 2.20. The van der Waals surface area contributed by atoms with Gasteiger partial charge in [0.15, 0.2) is 0 Å². The molecule has 1 aromatic rings. The molecule has 0 aliphatic carbocycles. The first-order chi connectivity index (χ1) is 10.9. The van der Waals surface area contributed by atoms with Gasteiger partial charge in [-0.05, 0) is 24.1 Å². The Kier molecular flexibility index (Phi) is 8.02. The second-order valence-corrected chi connectivity index (χ2v) is 5.75. The maximum atomic E-state index is 12.0. The molecule has 0 aromatic heterocycles. The third kappa shape index (κ3) is 5.82. The third-order valence-corrected chi connectivity index (χ3v) is 3.95. The van der Waals surface area contributed by atoms with Gasteiger partial charge in [-0.1, -0.05) is 31.9 Å². The van der Waals surface area contributed by atoms with E-state index in [1.54, 1.807) is 19.2 Å². The number of rotatable bonds is 8. The van der Waals surface area contributed by atoms with E-state index in [0.29, 0.717) is 24.4 Å². The topological polar surface area (TPSA) is 93.5 Å². The molecule has 0 spiro atoms. The minimum atomic E-state index is -0.587. The highest BCUT2D eigenvalue weighted by Crippen LogP contribution is 2.21. The first-order valence-corrected chi connectivity index (χ1v) is 7.91. The molecule has 128 valence electrons. The molecule has 0 bridgehead atoms. The standard InChI is InChI=1S/C16H24ClN3O3/c1-4-10(2)14(18)16(22)20-11-5-6-12(13(17)9-11)15(21)19-7-8-23-3/h5-6,9-10,14H,4,7-8,18H2,1-3H3,(H,19,21)(H,20,22). The molecule has 0 heterocycles. The van der Waals surface area contributed by atoms with Crippen molar-refractivity contribution in [2.75, 3.05) is 25.6 Å². The Labute approximate surface area is 141 Å². The van der Waals surface area contributed by atoms with Crippen LogP contribution in [0.3, 0.4) is 0 Å². The Morgan fingerprint density at radius 3 is 2.65 bits per heavy atom. The predicted molar refractivity (Wildman–Crippen MR) is 91.7 cm³/mol. The molecule has 6 nitrogen and oxygen atoms in total. The summed E-state index contributed by atoms with van der Waals surface area (Å²) in [6.07, 6.45) is 0.815. The molecule has 0 aliphatic rings. The first kappa shape index (κ1) is 19.4. The van der Waals surface area contributed by atoms with Crippen molar-refractivity contribution in [1.29, 1.82) is 0 Å². The zero-order valence-electron chi connectivity index (χ0n) is 13.7. The summed E-state index contributed by atoms with van der Waals surface area (Å²) in [5, 5.41) is 5.66. The molecule has 0 fully saturated rings. The van der Waals surface area contributed by atoms with Crippen LogP contribution in [0.2, 0.25) is 5.02 Å². The lowest BCUT2D eigenvalue weighted by Gasteiger charge is -2.18. The molecule has 1 rings (SSSR count). The number of nitrogens with two attached hydrogens (primary N) is 1. The fourth-order valence-corrected chi connectivity index (χ4v) is 2.14. The molecule has 4 N–H and O–H groups in total. The van der Waals surface area contributed by atoms with Gasteiger partial charge in [0.1, 0.15) is 0 Å². The number of carbonyl (C=O) groups is 2. The van der Waals surface area contributed by atoms with Crippen molar-refractivity contribution in [3.63, 3.8) is 0 Å². The lowest BCUT2D eigenvalue weighted by atomic mass is 9.99. The highest BCUT2D eigenvalue weighted by atomic mass is 35.5. The summed E-state index contributed by atoms with van der Waals surface area (Å²) in [6, 6.07) is 4.14. The number of hydrogen-bond donors (Lipinski definition) is 3. The number of amides is 2. The summed E-state index contributed by atoms with van der Waals surface area (Å²) in [4.78, 5) is 24.0. The van der Waals surface area contributed by atoms with Crippen molar-refractivity contribution in [2.24, 2.45) is 11.7 Å². The monoisotopic (exact) mass is 341 g/mol. The summed E-state index contributed by atoms with van der Waals surface area (Å²) in [5.74, 6) is -0.481. The average Bonchev–Trinajstić information content (AvgIpc) is 2.53. The molecule has 23 heavy (non-hydrogen) atoms. The maximum Gasteiger partial charge on any atom is 0.252 e. The third-order valence-electron chi connectivity index (χ3n) is 3.63. The van der Waals surface area contributed by atoms with Crippen molar-refractivity contribution in [3.8, 4) is 0 Å². The average molecular weight is 342 g/mol. The number of benzene rings is 1. The minimum Gasteiger partial charge on any atom is -0.383 e. The van der Waals surface area contributed by atoms with E-state index in [4.69, 9.17) is 22.1 Å². The number of hydrogen-bond acceptors (Lipinski definition) is 4. The zero-order chi connectivity index (χ0) is 17.4. The summed E-state index contributed by atoms with van der Waals surface area (Å²) in [5.41, 5.74) is 6.73. The van der Waals surface area contributed by atoms with E-state index in [1.807, 2.05) is 13.8 Å². The van der Waals surface area contributed by atoms with Crippen LogP contribution >= 0.6 is 11.6 Å². The minimum absolute atomic E-state index is 0.0799. The summed E-state index contributed by atoms with van der Waals surface area (Å²) >= 11 is 6.12. The van der Waals surface area contributed by atoms with Crippen LogP contribution in [0.1, 0.15) is 30.6 Å². The molecule has 2 amide bonds. The number of anilines is 1. The Hall–Kier alpha value is -1.63. The maximum absolute atomic E-state index is 12.0. The van der Waals surface area contributed by atoms with Crippen molar-refractivity contribution in [3.05, 3.63) is 28.8 Å². The van der Waals surface area contributed by atoms with Crippen LogP contribution in [-0.2, 0) is 9.53 Å². The Morgan fingerprint density at radius 1 is 1.39 bits per heavy atom. The summed E-state index contributed by atoms with van der Waals surface area (Å²) in [7, 11) is 1.56.